The SMILES string of the molecule is NNC(CCc1ccccn1)c1cncc(F)c1. The van der Waals surface area contributed by atoms with Crippen molar-refractivity contribution in [2.75, 3.05) is 0 Å². The average molecular weight is 246 g/mol. The zero-order valence-corrected chi connectivity index (χ0v) is 9.88. The summed E-state index contributed by atoms with van der Waals surface area (Å²) in [7, 11) is 0. The molecule has 0 spiro atoms. The van der Waals surface area contributed by atoms with Gasteiger partial charge in [-0.15, -0.1) is 0 Å². The third kappa shape index (κ3) is 3.32. The van der Waals surface area contributed by atoms with Crippen molar-refractivity contribution in [1.82, 2.24) is 15.4 Å². The van der Waals surface area contributed by atoms with Gasteiger partial charge in [-0.1, -0.05) is 6.07 Å². The minimum Gasteiger partial charge on any atom is -0.271 e. The Hall–Kier alpha value is -1.85. The summed E-state index contributed by atoms with van der Waals surface area (Å²) in [6.07, 6.45) is 6.05. The van der Waals surface area contributed by atoms with Crippen LogP contribution in [0.3, 0.4) is 0 Å². The number of rotatable bonds is 5. The molecule has 0 aliphatic carbocycles. The second-order valence-corrected chi connectivity index (χ2v) is 4.02. The first-order valence-corrected chi connectivity index (χ1v) is 5.76. The maximum absolute atomic E-state index is 13.1. The summed E-state index contributed by atoms with van der Waals surface area (Å²) >= 11 is 0. The van der Waals surface area contributed by atoms with Crippen molar-refractivity contribution >= 4 is 0 Å². The molecule has 0 aliphatic rings. The van der Waals surface area contributed by atoms with Crippen molar-refractivity contribution in [3.8, 4) is 0 Å². The monoisotopic (exact) mass is 246 g/mol. The molecule has 0 radical (unpaired) electrons. The number of hydrogen-bond acceptors (Lipinski definition) is 4. The Bertz CT molecular complexity index is 489. The van der Waals surface area contributed by atoms with E-state index in [2.05, 4.69) is 15.4 Å². The first-order chi connectivity index (χ1) is 8.79. The zero-order chi connectivity index (χ0) is 12.8. The molecule has 5 heteroatoms. The maximum Gasteiger partial charge on any atom is 0.141 e. The van der Waals surface area contributed by atoms with E-state index in [1.807, 2.05) is 18.2 Å². The van der Waals surface area contributed by atoms with Crippen molar-refractivity contribution in [2.24, 2.45) is 5.84 Å². The van der Waals surface area contributed by atoms with Crippen LogP contribution < -0.4 is 11.3 Å². The van der Waals surface area contributed by atoms with Crippen LogP contribution in [0.15, 0.2) is 42.9 Å². The number of aromatic nitrogens is 2. The lowest BCUT2D eigenvalue weighted by Crippen LogP contribution is -2.28. The van der Waals surface area contributed by atoms with Crippen LogP contribution in [-0.4, -0.2) is 9.97 Å². The second kappa shape index (κ2) is 6.18. The van der Waals surface area contributed by atoms with E-state index in [-0.39, 0.29) is 11.9 Å². The standard InChI is InChI=1S/C13H15FN4/c14-11-7-10(8-16-9-11)13(18-15)5-4-12-3-1-2-6-17-12/h1-3,6-9,13,18H,4-5,15H2. The van der Waals surface area contributed by atoms with E-state index in [0.29, 0.717) is 0 Å². The van der Waals surface area contributed by atoms with E-state index < -0.39 is 0 Å². The number of nitrogens with two attached hydrogens (primary N) is 1. The summed E-state index contributed by atoms with van der Waals surface area (Å²) in [4.78, 5) is 8.06. The van der Waals surface area contributed by atoms with Crippen LogP contribution >= 0.6 is 0 Å². The molecule has 0 saturated carbocycles. The summed E-state index contributed by atoms with van der Waals surface area (Å²) in [6, 6.07) is 7.08. The molecule has 3 N–H and O–H groups in total. The third-order valence-corrected chi connectivity index (χ3v) is 2.74. The molecule has 1 unspecified atom stereocenters. The highest BCUT2D eigenvalue weighted by atomic mass is 19.1. The van der Waals surface area contributed by atoms with Crippen molar-refractivity contribution in [1.29, 1.82) is 0 Å². The zero-order valence-electron chi connectivity index (χ0n) is 9.88. The van der Waals surface area contributed by atoms with Crippen LogP contribution in [0.4, 0.5) is 4.39 Å². The van der Waals surface area contributed by atoms with E-state index >= 15 is 0 Å². The van der Waals surface area contributed by atoms with Crippen LogP contribution in [0.25, 0.3) is 0 Å². The van der Waals surface area contributed by atoms with Gasteiger partial charge in [0, 0.05) is 24.1 Å². The summed E-state index contributed by atoms with van der Waals surface area (Å²) in [6.45, 7) is 0. The molecule has 2 rings (SSSR count). The van der Waals surface area contributed by atoms with E-state index in [1.165, 1.54) is 12.3 Å². The highest BCUT2D eigenvalue weighted by molar-refractivity contribution is 5.15. The number of aryl methyl sites for hydroxylation is 1. The summed E-state index contributed by atoms with van der Waals surface area (Å²) < 4.78 is 13.1. The minimum absolute atomic E-state index is 0.129. The highest BCUT2D eigenvalue weighted by Gasteiger charge is 2.11. The van der Waals surface area contributed by atoms with E-state index in [0.717, 1.165) is 24.1 Å². The minimum atomic E-state index is -0.356. The number of pyridine rings is 2. The molecule has 0 aliphatic heterocycles. The van der Waals surface area contributed by atoms with Gasteiger partial charge in [0.15, 0.2) is 0 Å². The third-order valence-electron chi connectivity index (χ3n) is 2.74. The molecule has 0 saturated heterocycles. The van der Waals surface area contributed by atoms with Crippen molar-refractivity contribution in [2.45, 2.75) is 18.9 Å². The quantitative estimate of drug-likeness (QED) is 0.623. The fourth-order valence-electron chi connectivity index (χ4n) is 1.80. The van der Waals surface area contributed by atoms with Gasteiger partial charge >= 0.3 is 0 Å². The van der Waals surface area contributed by atoms with Gasteiger partial charge in [0.2, 0.25) is 0 Å². The highest BCUT2D eigenvalue weighted by Crippen LogP contribution is 2.17. The smallest absolute Gasteiger partial charge is 0.141 e. The molecule has 4 nitrogen and oxygen atoms in total. The first-order valence-electron chi connectivity index (χ1n) is 5.76. The predicted octanol–water partition coefficient (Wildman–Crippen LogP) is 1.75. The van der Waals surface area contributed by atoms with E-state index in [4.69, 9.17) is 5.84 Å². The normalized spacial score (nSPS) is 12.3. The molecule has 1 atom stereocenters. The van der Waals surface area contributed by atoms with Crippen LogP contribution in [0, 0.1) is 5.82 Å². The molecule has 0 aromatic carbocycles. The van der Waals surface area contributed by atoms with Gasteiger partial charge < -0.3 is 0 Å². The lowest BCUT2D eigenvalue weighted by atomic mass is 10.0. The summed E-state index contributed by atoms with van der Waals surface area (Å²) in [5.41, 5.74) is 4.41. The fraction of sp³-hybridized carbons (Fsp3) is 0.231. The van der Waals surface area contributed by atoms with Gasteiger partial charge in [0.25, 0.3) is 0 Å². The Morgan fingerprint density at radius 1 is 1.33 bits per heavy atom. The number of nitrogens with zero attached hydrogens (tertiary/aromatic N) is 2. The van der Waals surface area contributed by atoms with Gasteiger partial charge in [0.05, 0.1) is 6.20 Å². The topological polar surface area (TPSA) is 63.8 Å². The van der Waals surface area contributed by atoms with Crippen LogP contribution in [0.1, 0.15) is 23.7 Å². The van der Waals surface area contributed by atoms with Crippen molar-refractivity contribution in [3.63, 3.8) is 0 Å². The summed E-state index contributed by atoms with van der Waals surface area (Å²) in [5, 5.41) is 0. The van der Waals surface area contributed by atoms with Crippen molar-refractivity contribution in [3.05, 3.63) is 59.9 Å². The molecular formula is C13H15FN4. The molecule has 0 amide bonds. The maximum atomic E-state index is 13.1. The molecule has 2 heterocycles. The fourth-order valence-corrected chi connectivity index (χ4v) is 1.80. The predicted molar refractivity (Wildman–Crippen MR) is 66.8 cm³/mol. The van der Waals surface area contributed by atoms with Crippen LogP contribution in [-0.2, 0) is 6.42 Å². The Morgan fingerprint density at radius 2 is 2.22 bits per heavy atom. The van der Waals surface area contributed by atoms with Gasteiger partial charge in [-0.25, -0.2) is 4.39 Å². The Morgan fingerprint density at radius 3 is 2.89 bits per heavy atom. The Kier molecular flexibility index (Phi) is 4.33. The molecule has 0 bridgehead atoms. The van der Waals surface area contributed by atoms with Gasteiger partial charge in [0.1, 0.15) is 5.82 Å². The average Bonchev–Trinajstić information content (AvgIpc) is 2.41. The molecule has 2 aromatic heterocycles. The lowest BCUT2D eigenvalue weighted by molar-refractivity contribution is 0.507. The van der Waals surface area contributed by atoms with Crippen LogP contribution in [0.5, 0.6) is 0 Å². The molecular weight excluding hydrogens is 231 g/mol. The first kappa shape index (κ1) is 12.6. The van der Waals surface area contributed by atoms with Crippen molar-refractivity contribution < 1.29 is 4.39 Å². The van der Waals surface area contributed by atoms with E-state index in [9.17, 15) is 4.39 Å². The Labute approximate surface area is 105 Å². The van der Waals surface area contributed by atoms with Gasteiger partial charge in [-0.3, -0.25) is 21.2 Å². The number of halogens is 1. The van der Waals surface area contributed by atoms with E-state index in [1.54, 1.807) is 12.4 Å². The summed E-state index contributed by atoms with van der Waals surface area (Å²) in [5.74, 6) is 5.14. The molecule has 0 fully saturated rings. The van der Waals surface area contributed by atoms with Crippen LogP contribution in [0.2, 0.25) is 0 Å². The number of nitrogens with one attached hydrogen (secondary N) is 1. The lowest BCUT2D eigenvalue weighted by Gasteiger charge is -2.15. The van der Waals surface area contributed by atoms with Gasteiger partial charge in [-0.2, -0.15) is 0 Å². The Balaban J connectivity index is 2.02. The molecule has 94 valence electrons. The molecule has 2 aromatic rings. The molecule has 18 heavy (non-hydrogen) atoms. The number of hydrazine groups is 1. The number of hydrogen-bond donors (Lipinski definition) is 2. The largest absolute Gasteiger partial charge is 0.271 e. The van der Waals surface area contributed by atoms with Gasteiger partial charge in [-0.05, 0) is 36.6 Å². The second-order valence-electron chi connectivity index (χ2n) is 4.02.